The van der Waals surface area contributed by atoms with Crippen LogP contribution in [0.1, 0.15) is 18.4 Å². The number of rotatable bonds is 11. The number of halogens is 2. The first-order chi connectivity index (χ1) is 12.9. The number of ether oxygens (including phenoxy) is 1. The highest BCUT2D eigenvalue weighted by molar-refractivity contribution is 9.11. The smallest absolute Gasteiger partial charge is 0.269 e. The van der Waals surface area contributed by atoms with Crippen LogP contribution in [0.5, 0.6) is 5.75 Å². The molecule has 0 unspecified atom stereocenters. The number of nitrogens with one attached hydrogen (secondary N) is 1. The van der Waals surface area contributed by atoms with E-state index in [1.807, 2.05) is 0 Å². The summed E-state index contributed by atoms with van der Waals surface area (Å²) in [5.41, 5.74) is 16.7. The van der Waals surface area contributed by atoms with Crippen LogP contribution >= 0.6 is 31.9 Å². The van der Waals surface area contributed by atoms with Gasteiger partial charge >= 0.3 is 0 Å². The van der Waals surface area contributed by atoms with E-state index >= 15 is 0 Å². The van der Waals surface area contributed by atoms with Crippen molar-refractivity contribution in [2.45, 2.75) is 19.3 Å². The average Bonchev–Trinajstić information content (AvgIpc) is 2.61. The fraction of sp³-hybridized carbons (Fsp3) is 0.438. The molecule has 1 aromatic carbocycles. The number of hydrogen-bond donors (Lipinski definition) is 5. The van der Waals surface area contributed by atoms with Gasteiger partial charge in [-0.2, -0.15) is 0 Å². The molecule has 0 aliphatic rings. The number of nitrogens with zero attached hydrogens (tertiary/aromatic N) is 2. The van der Waals surface area contributed by atoms with E-state index in [1.54, 1.807) is 12.1 Å². The van der Waals surface area contributed by atoms with E-state index in [0.29, 0.717) is 38.4 Å². The van der Waals surface area contributed by atoms with E-state index in [0.717, 1.165) is 20.9 Å². The average molecular weight is 508 g/mol. The van der Waals surface area contributed by atoms with Gasteiger partial charge in [0.05, 0.1) is 15.6 Å². The summed E-state index contributed by atoms with van der Waals surface area (Å²) in [6.45, 7) is 1.80. The molecular weight excluding hydrogens is 484 g/mol. The minimum atomic E-state index is -0.460. The van der Waals surface area contributed by atoms with Crippen molar-refractivity contribution in [2.75, 3.05) is 26.2 Å². The summed E-state index contributed by atoms with van der Waals surface area (Å²) in [7, 11) is 0. The molecule has 0 aliphatic carbocycles. The lowest BCUT2D eigenvalue weighted by molar-refractivity contribution is -0.115. The summed E-state index contributed by atoms with van der Waals surface area (Å²) < 4.78 is 7.12. The van der Waals surface area contributed by atoms with Crippen molar-refractivity contribution in [3.8, 4) is 5.75 Å². The van der Waals surface area contributed by atoms with Crippen molar-refractivity contribution in [3.05, 3.63) is 26.6 Å². The Labute approximate surface area is 174 Å². The van der Waals surface area contributed by atoms with E-state index in [4.69, 9.17) is 21.9 Å². The third-order valence-corrected chi connectivity index (χ3v) is 4.50. The summed E-state index contributed by atoms with van der Waals surface area (Å²) in [4.78, 5) is 16.0. The maximum atomic E-state index is 12.1. The lowest BCUT2D eigenvalue weighted by Crippen LogP contribution is -2.33. The largest absolute Gasteiger partial charge is 0.491 e. The first-order valence-corrected chi connectivity index (χ1v) is 9.83. The molecule has 11 heteroatoms. The zero-order valence-electron chi connectivity index (χ0n) is 14.8. The fourth-order valence-electron chi connectivity index (χ4n) is 2.06. The van der Waals surface area contributed by atoms with Gasteiger partial charge in [0.15, 0.2) is 5.96 Å². The third kappa shape index (κ3) is 8.59. The minimum absolute atomic E-state index is 0.00513. The van der Waals surface area contributed by atoms with E-state index in [1.165, 1.54) is 0 Å². The molecule has 0 heterocycles. The highest BCUT2D eigenvalue weighted by atomic mass is 79.9. The Kier molecular flexibility index (Phi) is 10.8. The molecule has 0 saturated carbocycles. The Balaban J connectivity index is 2.66. The lowest BCUT2D eigenvalue weighted by atomic mass is 10.1. The number of benzene rings is 1. The number of nitrogens with two attached hydrogens (primary N) is 3. The van der Waals surface area contributed by atoms with Gasteiger partial charge in [-0.1, -0.05) is 5.16 Å². The number of hydrogen-bond acceptors (Lipinski definition) is 6. The Morgan fingerprint density at radius 1 is 1.22 bits per heavy atom. The molecule has 0 aromatic heterocycles. The number of aliphatic imine (C=N–C) groups is 1. The second kappa shape index (κ2) is 12.5. The van der Waals surface area contributed by atoms with Gasteiger partial charge in [0, 0.05) is 19.5 Å². The predicted molar refractivity (Wildman–Crippen MR) is 112 cm³/mol. The quantitative estimate of drug-likeness (QED) is 0.0989. The van der Waals surface area contributed by atoms with Gasteiger partial charge < -0.3 is 32.5 Å². The highest BCUT2D eigenvalue weighted by Crippen LogP contribution is 2.35. The monoisotopic (exact) mass is 506 g/mol. The zero-order chi connectivity index (χ0) is 20.2. The molecule has 0 aliphatic heterocycles. The summed E-state index contributed by atoms with van der Waals surface area (Å²) in [5, 5.41) is 15.0. The molecule has 1 amide bonds. The van der Waals surface area contributed by atoms with Gasteiger partial charge in [0.25, 0.3) is 5.91 Å². The molecule has 1 rings (SSSR count). The van der Waals surface area contributed by atoms with Crippen molar-refractivity contribution in [2.24, 2.45) is 27.3 Å². The lowest BCUT2D eigenvalue weighted by Gasteiger charge is -2.12. The topological polar surface area (TPSA) is 161 Å². The van der Waals surface area contributed by atoms with E-state index < -0.39 is 5.91 Å². The van der Waals surface area contributed by atoms with Crippen LogP contribution < -0.4 is 27.3 Å². The maximum absolute atomic E-state index is 12.1. The van der Waals surface area contributed by atoms with Gasteiger partial charge in [-0.3, -0.25) is 9.79 Å². The molecule has 0 bridgehead atoms. The number of oxime groups is 1. The van der Waals surface area contributed by atoms with Gasteiger partial charge in [-0.25, -0.2) is 0 Å². The molecular formula is C16H24Br2N6O3. The normalized spacial score (nSPS) is 11.1. The van der Waals surface area contributed by atoms with Crippen molar-refractivity contribution in [1.29, 1.82) is 0 Å². The first-order valence-electron chi connectivity index (χ1n) is 8.24. The predicted octanol–water partition coefficient (Wildman–Crippen LogP) is 1.09. The van der Waals surface area contributed by atoms with Crippen LogP contribution in [0.2, 0.25) is 0 Å². The second-order valence-corrected chi connectivity index (χ2v) is 7.23. The van der Waals surface area contributed by atoms with Crippen LogP contribution in [0.15, 0.2) is 31.2 Å². The molecule has 1 aromatic rings. The van der Waals surface area contributed by atoms with Crippen LogP contribution in [0.4, 0.5) is 0 Å². The Morgan fingerprint density at radius 2 is 1.89 bits per heavy atom. The summed E-state index contributed by atoms with van der Waals surface area (Å²) in [6, 6.07) is 3.61. The molecule has 27 heavy (non-hydrogen) atoms. The SMILES string of the molecule is NCCCOc1c(Br)cc(C/C(=N/O)C(=O)NCCCN=C(N)N)cc1Br. The van der Waals surface area contributed by atoms with Gasteiger partial charge in [0.2, 0.25) is 0 Å². The van der Waals surface area contributed by atoms with Gasteiger partial charge in [0.1, 0.15) is 11.5 Å². The highest BCUT2D eigenvalue weighted by Gasteiger charge is 2.15. The van der Waals surface area contributed by atoms with Gasteiger partial charge in [-0.15, -0.1) is 0 Å². The molecule has 0 fully saturated rings. The number of amides is 1. The molecule has 0 atom stereocenters. The van der Waals surface area contributed by atoms with E-state index in [9.17, 15) is 10.0 Å². The molecule has 150 valence electrons. The van der Waals surface area contributed by atoms with Crippen molar-refractivity contribution in [3.63, 3.8) is 0 Å². The van der Waals surface area contributed by atoms with Crippen molar-refractivity contribution >= 4 is 49.4 Å². The van der Waals surface area contributed by atoms with Crippen LogP contribution in [-0.4, -0.2) is 49.0 Å². The number of carbonyl (C=O) groups is 1. The van der Waals surface area contributed by atoms with E-state index in [-0.39, 0.29) is 18.1 Å². The number of carbonyl (C=O) groups excluding carboxylic acids is 1. The Morgan fingerprint density at radius 3 is 2.44 bits per heavy atom. The van der Waals surface area contributed by atoms with Crippen molar-refractivity contribution < 1.29 is 14.7 Å². The maximum Gasteiger partial charge on any atom is 0.269 e. The second-order valence-electron chi connectivity index (χ2n) is 5.52. The Bertz CT molecular complexity index is 670. The third-order valence-electron chi connectivity index (χ3n) is 3.32. The summed E-state index contributed by atoms with van der Waals surface area (Å²) >= 11 is 6.90. The van der Waals surface area contributed by atoms with Crippen LogP contribution in [-0.2, 0) is 11.2 Å². The Hall–Kier alpha value is -1.85. The molecule has 0 radical (unpaired) electrons. The summed E-state index contributed by atoms with van der Waals surface area (Å²) in [5.74, 6) is 0.196. The molecule has 9 nitrogen and oxygen atoms in total. The van der Waals surface area contributed by atoms with Crippen molar-refractivity contribution in [1.82, 2.24) is 5.32 Å². The van der Waals surface area contributed by atoms with E-state index in [2.05, 4.69) is 47.3 Å². The molecule has 0 saturated heterocycles. The first kappa shape index (κ1) is 23.2. The molecule has 0 spiro atoms. The fourth-order valence-corrected chi connectivity index (χ4v) is 3.57. The van der Waals surface area contributed by atoms with Crippen LogP contribution in [0.25, 0.3) is 0 Å². The zero-order valence-corrected chi connectivity index (χ0v) is 17.9. The van der Waals surface area contributed by atoms with Crippen LogP contribution in [0, 0.1) is 0 Å². The standard InChI is InChI=1S/C16H24Br2N6O3/c17-11-7-10(8-12(18)14(11)27-6-1-3-19)9-13(24-26)15(25)22-4-2-5-23-16(20)21/h7-8,26H,1-6,9,19H2,(H,22,25)(H4,20,21,23)/b24-13-. The number of guanidine groups is 1. The molecule has 8 N–H and O–H groups in total. The van der Waals surface area contributed by atoms with Gasteiger partial charge in [-0.05, 0) is 68.9 Å². The summed E-state index contributed by atoms with van der Waals surface area (Å²) in [6.07, 6.45) is 1.45. The minimum Gasteiger partial charge on any atom is -0.491 e. The van der Waals surface area contributed by atoms with Crippen LogP contribution in [0.3, 0.4) is 0 Å².